The van der Waals surface area contributed by atoms with Crippen molar-refractivity contribution in [3.8, 4) is 0 Å². The van der Waals surface area contributed by atoms with E-state index in [1.165, 1.54) is 11.3 Å². The molecular formula is C6H4ClN3S3. The number of aromatic nitrogens is 3. The van der Waals surface area contributed by atoms with Crippen LogP contribution in [0.4, 0.5) is 0 Å². The van der Waals surface area contributed by atoms with Crippen molar-refractivity contribution in [2.45, 2.75) is 10.1 Å². The van der Waals surface area contributed by atoms with Gasteiger partial charge in [-0.05, 0) is 0 Å². The van der Waals surface area contributed by atoms with E-state index >= 15 is 0 Å². The van der Waals surface area contributed by atoms with Gasteiger partial charge in [-0.15, -0.1) is 21.5 Å². The zero-order valence-electron chi connectivity index (χ0n) is 6.31. The molecule has 0 fully saturated rings. The maximum atomic E-state index is 5.69. The van der Waals surface area contributed by atoms with Gasteiger partial charge in [-0.25, -0.2) is 4.98 Å². The van der Waals surface area contributed by atoms with Gasteiger partial charge in [-0.3, -0.25) is 0 Å². The van der Waals surface area contributed by atoms with Gasteiger partial charge < -0.3 is 0 Å². The Balaban J connectivity index is 1.93. The highest BCUT2D eigenvalue weighted by Crippen LogP contribution is 2.27. The third-order valence-corrected chi connectivity index (χ3v) is 4.41. The molecule has 13 heavy (non-hydrogen) atoms. The average molecular weight is 250 g/mol. The third-order valence-electron chi connectivity index (χ3n) is 1.20. The van der Waals surface area contributed by atoms with Crippen molar-refractivity contribution in [2.24, 2.45) is 0 Å². The highest BCUT2D eigenvalue weighted by atomic mass is 35.5. The maximum Gasteiger partial charge on any atom is 0.183 e. The summed E-state index contributed by atoms with van der Waals surface area (Å²) in [5.74, 6) is 0.861. The first-order chi connectivity index (χ1) is 6.34. The summed E-state index contributed by atoms with van der Waals surface area (Å²) in [5.41, 5.74) is 1.72. The van der Waals surface area contributed by atoms with Gasteiger partial charge in [-0.2, -0.15) is 0 Å². The largest absolute Gasteiger partial charge is 0.233 e. The van der Waals surface area contributed by atoms with Crippen LogP contribution < -0.4 is 0 Å². The van der Waals surface area contributed by atoms with Crippen LogP contribution in [0, 0.1) is 0 Å². The van der Waals surface area contributed by atoms with E-state index in [0.717, 1.165) is 15.0 Å². The first-order valence-corrected chi connectivity index (χ1v) is 6.40. The predicted octanol–water partition coefficient (Wildman–Crippen LogP) is 2.94. The first-order valence-electron chi connectivity index (χ1n) is 3.34. The molecule has 0 unspecified atom stereocenters. The number of hydrogen-bond acceptors (Lipinski definition) is 6. The monoisotopic (exact) mass is 249 g/mol. The Morgan fingerprint density at radius 3 is 3.08 bits per heavy atom. The van der Waals surface area contributed by atoms with E-state index in [2.05, 4.69) is 15.2 Å². The van der Waals surface area contributed by atoms with E-state index in [1.807, 2.05) is 0 Å². The SMILES string of the molecule is Clc1ncc(CSc2nncs2)s1. The van der Waals surface area contributed by atoms with Gasteiger partial charge in [0.05, 0.1) is 0 Å². The molecule has 7 heteroatoms. The van der Waals surface area contributed by atoms with Crippen LogP contribution in [0.2, 0.25) is 4.47 Å². The van der Waals surface area contributed by atoms with E-state index in [0.29, 0.717) is 4.47 Å². The van der Waals surface area contributed by atoms with E-state index in [-0.39, 0.29) is 0 Å². The number of hydrogen-bond donors (Lipinski definition) is 0. The Morgan fingerprint density at radius 1 is 1.54 bits per heavy atom. The molecule has 0 amide bonds. The van der Waals surface area contributed by atoms with Gasteiger partial charge in [0.15, 0.2) is 8.81 Å². The molecule has 3 nitrogen and oxygen atoms in total. The lowest BCUT2D eigenvalue weighted by atomic mass is 10.6. The second kappa shape index (κ2) is 4.36. The molecule has 0 saturated heterocycles. The van der Waals surface area contributed by atoms with E-state index in [1.54, 1.807) is 34.8 Å². The quantitative estimate of drug-likeness (QED) is 0.784. The highest BCUT2D eigenvalue weighted by Gasteiger charge is 2.02. The number of rotatable bonds is 3. The molecule has 2 aromatic heterocycles. The van der Waals surface area contributed by atoms with Crippen LogP contribution in [-0.4, -0.2) is 15.2 Å². The maximum absolute atomic E-state index is 5.69. The third kappa shape index (κ3) is 2.63. The summed E-state index contributed by atoms with van der Waals surface area (Å²) in [7, 11) is 0. The Labute approximate surface area is 92.2 Å². The standard InChI is InChI=1S/C6H4ClN3S3/c7-5-8-1-4(13-5)2-11-6-10-9-3-12-6/h1,3H,2H2. The lowest BCUT2D eigenvalue weighted by Gasteiger charge is -1.90. The van der Waals surface area contributed by atoms with Crippen molar-refractivity contribution in [3.63, 3.8) is 0 Å². The minimum atomic E-state index is 0.591. The van der Waals surface area contributed by atoms with Gasteiger partial charge in [0.25, 0.3) is 0 Å². The molecule has 2 heterocycles. The fourth-order valence-electron chi connectivity index (χ4n) is 0.709. The number of halogens is 1. The lowest BCUT2D eigenvalue weighted by Crippen LogP contribution is -1.73. The van der Waals surface area contributed by atoms with Crippen molar-refractivity contribution in [1.29, 1.82) is 0 Å². The van der Waals surface area contributed by atoms with Crippen LogP contribution in [-0.2, 0) is 5.75 Å². The molecule has 0 atom stereocenters. The van der Waals surface area contributed by atoms with Crippen molar-refractivity contribution < 1.29 is 0 Å². The van der Waals surface area contributed by atoms with E-state index in [9.17, 15) is 0 Å². The topological polar surface area (TPSA) is 38.7 Å². The van der Waals surface area contributed by atoms with Crippen LogP contribution >= 0.6 is 46.0 Å². The number of thioether (sulfide) groups is 1. The van der Waals surface area contributed by atoms with Crippen molar-refractivity contribution in [2.75, 3.05) is 0 Å². The molecule has 0 aliphatic rings. The van der Waals surface area contributed by atoms with Gasteiger partial charge >= 0.3 is 0 Å². The average Bonchev–Trinajstić information content (AvgIpc) is 2.71. The number of thiazole rings is 1. The molecule has 0 aliphatic carbocycles. The van der Waals surface area contributed by atoms with Crippen LogP contribution in [0.25, 0.3) is 0 Å². The zero-order chi connectivity index (χ0) is 9.10. The second-order valence-corrected chi connectivity index (χ2v) is 5.83. The summed E-state index contributed by atoms with van der Waals surface area (Å²) in [6, 6.07) is 0. The molecule has 2 aromatic rings. The van der Waals surface area contributed by atoms with Crippen LogP contribution in [0.15, 0.2) is 16.0 Å². The molecular weight excluding hydrogens is 246 g/mol. The van der Waals surface area contributed by atoms with Crippen LogP contribution in [0.5, 0.6) is 0 Å². The first kappa shape index (κ1) is 9.39. The molecule has 0 N–H and O–H groups in total. The Hall–Kier alpha value is -0.170. The van der Waals surface area contributed by atoms with Crippen LogP contribution in [0.3, 0.4) is 0 Å². The molecule has 68 valence electrons. The fraction of sp³-hybridized carbons (Fsp3) is 0.167. The predicted molar refractivity (Wildman–Crippen MR) is 56.6 cm³/mol. The Bertz CT molecular complexity index is 372. The molecule has 0 bridgehead atoms. The Kier molecular flexibility index (Phi) is 3.15. The second-order valence-electron chi connectivity index (χ2n) is 2.07. The van der Waals surface area contributed by atoms with Crippen LogP contribution in [0.1, 0.15) is 4.88 Å². The van der Waals surface area contributed by atoms with Gasteiger partial charge in [0, 0.05) is 16.8 Å². The lowest BCUT2D eigenvalue weighted by molar-refractivity contribution is 1.01. The zero-order valence-corrected chi connectivity index (χ0v) is 9.51. The van der Waals surface area contributed by atoms with E-state index in [4.69, 9.17) is 11.6 Å². The molecule has 0 aliphatic heterocycles. The minimum absolute atomic E-state index is 0.591. The van der Waals surface area contributed by atoms with E-state index < -0.39 is 0 Å². The van der Waals surface area contributed by atoms with Crippen molar-refractivity contribution >= 4 is 46.0 Å². The smallest absolute Gasteiger partial charge is 0.183 e. The summed E-state index contributed by atoms with van der Waals surface area (Å²) < 4.78 is 1.57. The Morgan fingerprint density at radius 2 is 2.46 bits per heavy atom. The molecule has 2 rings (SSSR count). The fourth-order valence-corrected chi connectivity index (χ4v) is 3.20. The highest BCUT2D eigenvalue weighted by molar-refractivity contribution is 8.00. The van der Waals surface area contributed by atoms with Gasteiger partial charge in [-0.1, -0.05) is 34.7 Å². The van der Waals surface area contributed by atoms with Crippen molar-refractivity contribution in [3.05, 3.63) is 21.1 Å². The molecule has 0 saturated carbocycles. The van der Waals surface area contributed by atoms with Gasteiger partial charge in [0.1, 0.15) is 5.51 Å². The summed E-state index contributed by atoms with van der Waals surface area (Å²) in [6.07, 6.45) is 1.79. The molecule has 0 spiro atoms. The summed E-state index contributed by atoms with van der Waals surface area (Å²) in [5, 5.41) is 7.67. The molecule has 0 aromatic carbocycles. The van der Waals surface area contributed by atoms with Gasteiger partial charge in [0.2, 0.25) is 0 Å². The normalized spacial score (nSPS) is 10.5. The summed E-state index contributed by atoms with van der Waals surface area (Å²) in [4.78, 5) is 5.11. The molecule has 0 radical (unpaired) electrons. The minimum Gasteiger partial charge on any atom is -0.233 e. The summed E-state index contributed by atoms with van der Waals surface area (Å²) >= 11 is 10.4. The number of nitrogens with zero attached hydrogens (tertiary/aromatic N) is 3. The van der Waals surface area contributed by atoms with Crippen molar-refractivity contribution in [1.82, 2.24) is 15.2 Å². The summed E-state index contributed by atoms with van der Waals surface area (Å²) in [6.45, 7) is 0.